The Labute approximate surface area is 325 Å². The van der Waals surface area contributed by atoms with Crippen molar-refractivity contribution in [2.75, 3.05) is 41.0 Å². The minimum absolute atomic E-state index is 0.0312. The highest BCUT2D eigenvalue weighted by Gasteiger charge is 2.25. The third-order valence-corrected chi connectivity index (χ3v) is 9.23. The lowest BCUT2D eigenvalue weighted by molar-refractivity contribution is -0.889. The van der Waals surface area contributed by atoms with Crippen LogP contribution in [0.15, 0.2) is 48.6 Å². The van der Waals surface area contributed by atoms with Crippen molar-refractivity contribution in [1.29, 1.82) is 0 Å². The molecule has 306 valence electrons. The summed E-state index contributed by atoms with van der Waals surface area (Å²) in [7, 11) is 5.39. The molecule has 0 radical (unpaired) electrons. The maximum absolute atomic E-state index is 12.7. The first-order chi connectivity index (χ1) is 25.6. The Morgan fingerprint density at radius 3 is 1.57 bits per heavy atom. The predicted octanol–water partition coefficient (Wildman–Crippen LogP) is 9.91. The van der Waals surface area contributed by atoms with Crippen molar-refractivity contribution in [2.45, 2.75) is 180 Å². The van der Waals surface area contributed by atoms with Crippen LogP contribution in [0.2, 0.25) is 0 Å². The smallest absolute Gasteiger partial charge is 0.306 e. The third kappa shape index (κ3) is 34.8. The maximum atomic E-state index is 12.7. The van der Waals surface area contributed by atoms with E-state index in [1.807, 2.05) is 0 Å². The number of aliphatic carboxylic acids is 1. The molecule has 0 aliphatic rings. The molecule has 8 heteroatoms. The Hall–Kier alpha value is -2.71. The molecule has 0 heterocycles. The summed E-state index contributed by atoms with van der Waals surface area (Å²) in [6.07, 6.45) is 41.3. The minimum atomic E-state index is -1.13. The highest BCUT2D eigenvalue weighted by Crippen LogP contribution is 2.14. The fourth-order valence-corrected chi connectivity index (χ4v) is 5.94. The van der Waals surface area contributed by atoms with Gasteiger partial charge < -0.3 is 28.6 Å². The van der Waals surface area contributed by atoms with E-state index < -0.39 is 18.1 Å². The molecule has 2 unspecified atom stereocenters. The van der Waals surface area contributed by atoms with Gasteiger partial charge in [-0.25, -0.2) is 0 Å². The zero-order valence-electron chi connectivity index (χ0n) is 34.7. The van der Waals surface area contributed by atoms with Gasteiger partial charge in [0, 0.05) is 19.3 Å². The van der Waals surface area contributed by atoms with Crippen molar-refractivity contribution >= 4 is 17.9 Å². The topological polar surface area (TPSA) is 102 Å². The number of likely N-dealkylation sites (N-methyl/N-ethyl adjacent to an activating group) is 1. The number of ether oxygens (including phenoxy) is 3. The van der Waals surface area contributed by atoms with Crippen molar-refractivity contribution in [3.63, 3.8) is 0 Å². The summed E-state index contributed by atoms with van der Waals surface area (Å²) in [4.78, 5) is 36.8. The summed E-state index contributed by atoms with van der Waals surface area (Å²) in [6.45, 7) is 4.51. The van der Waals surface area contributed by atoms with Gasteiger partial charge in [0.1, 0.15) is 12.6 Å². The van der Waals surface area contributed by atoms with Gasteiger partial charge in [-0.3, -0.25) is 9.59 Å². The van der Waals surface area contributed by atoms with Crippen molar-refractivity contribution in [3.05, 3.63) is 48.6 Å². The largest absolute Gasteiger partial charge is 0.544 e. The second-order valence-corrected chi connectivity index (χ2v) is 15.2. The van der Waals surface area contributed by atoms with Crippen LogP contribution in [0.4, 0.5) is 0 Å². The molecule has 0 bridgehead atoms. The van der Waals surface area contributed by atoms with Crippen LogP contribution in [0.25, 0.3) is 0 Å². The van der Waals surface area contributed by atoms with Crippen molar-refractivity contribution in [3.8, 4) is 0 Å². The summed E-state index contributed by atoms with van der Waals surface area (Å²) >= 11 is 0. The Kier molecular flexibility index (Phi) is 34.4. The van der Waals surface area contributed by atoms with Crippen LogP contribution in [-0.2, 0) is 28.6 Å². The van der Waals surface area contributed by atoms with E-state index in [9.17, 15) is 19.5 Å². The van der Waals surface area contributed by atoms with E-state index in [1.165, 1.54) is 57.8 Å². The van der Waals surface area contributed by atoms with Gasteiger partial charge in [-0.05, 0) is 51.4 Å². The van der Waals surface area contributed by atoms with Crippen molar-refractivity contribution in [2.24, 2.45) is 0 Å². The highest BCUT2D eigenvalue weighted by molar-refractivity contribution is 5.70. The third-order valence-electron chi connectivity index (χ3n) is 9.23. The Morgan fingerprint density at radius 2 is 1.06 bits per heavy atom. The summed E-state index contributed by atoms with van der Waals surface area (Å²) < 4.78 is 17.1. The van der Waals surface area contributed by atoms with Crippen LogP contribution in [0, 0.1) is 0 Å². The van der Waals surface area contributed by atoms with Gasteiger partial charge in [-0.15, -0.1) is 0 Å². The number of hydrogen-bond donors (Lipinski definition) is 0. The lowest BCUT2D eigenvalue weighted by Crippen LogP contribution is -2.55. The second-order valence-electron chi connectivity index (χ2n) is 15.2. The lowest BCUT2D eigenvalue weighted by atomic mass is 10.0. The van der Waals surface area contributed by atoms with Crippen molar-refractivity contribution < 1.29 is 38.2 Å². The number of unbranched alkanes of at least 4 members (excludes halogenated alkanes) is 15. The summed E-state index contributed by atoms with van der Waals surface area (Å²) in [5.74, 6) is -1.77. The first-order valence-corrected chi connectivity index (χ1v) is 21.2. The molecule has 0 aromatic carbocycles. The molecule has 0 fully saturated rings. The van der Waals surface area contributed by atoms with Gasteiger partial charge in [-0.2, -0.15) is 0 Å². The molecule has 0 saturated carbocycles. The molecular weight excluding hydrogens is 666 g/mol. The number of allylic oxidation sites excluding steroid dienone is 8. The number of carboxylic acid groups (broad SMARTS) is 1. The Bertz CT molecular complexity index is 1010. The first kappa shape index (κ1) is 50.3. The van der Waals surface area contributed by atoms with E-state index in [4.69, 9.17) is 14.2 Å². The zero-order valence-corrected chi connectivity index (χ0v) is 34.7. The normalized spacial score (nSPS) is 13.5. The quantitative estimate of drug-likeness (QED) is 0.0270. The maximum Gasteiger partial charge on any atom is 0.306 e. The van der Waals surface area contributed by atoms with E-state index in [-0.39, 0.29) is 42.7 Å². The highest BCUT2D eigenvalue weighted by atomic mass is 16.6. The predicted molar refractivity (Wildman–Crippen MR) is 217 cm³/mol. The molecule has 0 amide bonds. The average molecular weight is 746 g/mol. The van der Waals surface area contributed by atoms with Gasteiger partial charge in [-0.1, -0.05) is 146 Å². The molecule has 0 spiro atoms. The van der Waals surface area contributed by atoms with Gasteiger partial charge in [0.05, 0.1) is 40.3 Å². The van der Waals surface area contributed by atoms with Crippen LogP contribution >= 0.6 is 0 Å². The Balaban J connectivity index is 4.42. The fourth-order valence-electron chi connectivity index (χ4n) is 5.94. The first-order valence-electron chi connectivity index (χ1n) is 21.2. The summed E-state index contributed by atoms with van der Waals surface area (Å²) in [6, 6.07) is -0.729. The number of carbonyl (C=O) groups excluding carboxylic acids is 3. The molecule has 0 rings (SSSR count). The number of quaternary nitrogens is 1. The van der Waals surface area contributed by atoms with Crippen LogP contribution < -0.4 is 5.11 Å². The molecular formula is C45H79NO7. The molecule has 53 heavy (non-hydrogen) atoms. The average Bonchev–Trinajstić information content (AvgIpc) is 3.11. The lowest BCUT2D eigenvalue weighted by Gasteiger charge is -2.34. The number of nitrogens with zero attached hydrogens (tertiary/aromatic N) is 1. The molecule has 0 aromatic rings. The number of carboxylic acids is 1. The zero-order chi connectivity index (χ0) is 39.3. The molecule has 2 atom stereocenters. The molecule has 0 aliphatic heterocycles. The summed E-state index contributed by atoms with van der Waals surface area (Å²) in [5.41, 5.74) is 0. The second kappa shape index (κ2) is 36.3. The van der Waals surface area contributed by atoms with E-state index in [0.29, 0.717) is 12.8 Å². The molecule has 8 nitrogen and oxygen atoms in total. The number of rotatable bonds is 37. The van der Waals surface area contributed by atoms with Gasteiger partial charge in [0.15, 0.2) is 6.10 Å². The summed E-state index contributed by atoms with van der Waals surface area (Å²) in [5, 5.41) is 11.6. The molecule has 0 N–H and O–H groups in total. The minimum Gasteiger partial charge on any atom is -0.544 e. The van der Waals surface area contributed by atoms with Gasteiger partial charge in [0.2, 0.25) is 0 Å². The van der Waals surface area contributed by atoms with E-state index >= 15 is 0 Å². The molecule has 0 aromatic heterocycles. The van der Waals surface area contributed by atoms with Crippen LogP contribution in [0.1, 0.15) is 168 Å². The molecule has 0 aliphatic carbocycles. The Morgan fingerprint density at radius 1 is 0.585 bits per heavy atom. The van der Waals surface area contributed by atoms with E-state index in [0.717, 1.165) is 77.0 Å². The van der Waals surface area contributed by atoms with Gasteiger partial charge in [0.25, 0.3) is 0 Å². The van der Waals surface area contributed by atoms with Crippen molar-refractivity contribution in [1.82, 2.24) is 0 Å². The fraction of sp³-hybridized carbons (Fsp3) is 0.756. The number of hydrogen-bond acceptors (Lipinski definition) is 7. The van der Waals surface area contributed by atoms with E-state index in [1.54, 1.807) is 21.1 Å². The monoisotopic (exact) mass is 746 g/mol. The van der Waals surface area contributed by atoms with Crippen LogP contribution in [0.5, 0.6) is 0 Å². The number of carbonyl (C=O) groups is 3. The van der Waals surface area contributed by atoms with Gasteiger partial charge >= 0.3 is 11.9 Å². The van der Waals surface area contributed by atoms with E-state index in [2.05, 4.69) is 62.5 Å². The van der Waals surface area contributed by atoms with Crippen LogP contribution in [-0.4, -0.2) is 75.5 Å². The van der Waals surface area contributed by atoms with Crippen LogP contribution in [0.3, 0.4) is 0 Å². The standard InChI is InChI=1S/C45H79NO7/c1-6-8-10-12-14-16-18-20-21-22-23-24-26-28-30-32-34-36-44(48)53-41(39-51-38-37-42(45(49)50)46(3,4)5)40-52-43(47)35-33-31-29-27-25-19-17-15-13-11-9-7-2/h8,10,14,16,20-21,23-24,41-42H,6-7,9,11-13,15,17-19,22,25-40H2,1-5H3/b10-8-,16-14-,21-20-,24-23-. The SMILES string of the molecule is CC/C=C\C/C=C\C/C=C\C/C=C\CCCCCCC(=O)OC(COCCC(C(=O)[O-])[N+](C)(C)C)COC(=O)CCCCCCCCCCCCCC. The number of esters is 2. The molecule has 0 saturated heterocycles.